The third kappa shape index (κ3) is 4.84. The molecule has 0 saturated carbocycles. The number of aryl methyl sites for hydroxylation is 2. The number of amides is 4. The van der Waals surface area contributed by atoms with Crippen molar-refractivity contribution in [3.63, 3.8) is 0 Å². The van der Waals surface area contributed by atoms with E-state index in [1.54, 1.807) is 12.1 Å². The van der Waals surface area contributed by atoms with Gasteiger partial charge in [-0.25, -0.2) is 9.69 Å². The number of hydrogen-bond acceptors (Lipinski definition) is 4. The lowest BCUT2D eigenvalue weighted by Gasteiger charge is -2.27. The quantitative estimate of drug-likeness (QED) is 0.250. The zero-order valence-corrected chi connectivity index (χ0v) is 21.0. The van der Waals surface area contributed by atoms with Crippen LogP contribution in [-0.2, 0) is 16.2 Å². The Labute approximate surface area is 219 Å². The Morgan fingerprint density at radius 2 is 1.73 bits per heavy atom. The molecule has 0 aliphatic carbocycles. The van der Waals surface area contributed by atoms with Gasteiger partial charge in [0.1, 0.15) is 17.9 Å². The van der Waals surface area contributed by atoms with Gasteiger partial charge in [-0.1, -0.05) is 77.8 Å². The van der Waals surface area contributed by atoms with Gasteiger partial charge < -0.3 is 4.74 Å². The molecular weight excluding hydrogens is 488 g/mol. The summed E-state index contributed by atoms with van der Waals surface area (Å²) >= 11 is 6.24. The number of urea groups is 1. The smallest absolute Gasteiger partial charge is 0.335 e. The molecule has 0 spiro atoms. The van der Waals surface area contributed by atoms with Crippen molar-refractivity contribution in [2.75, 3.05) is 4.90 Å². The molecule has 5 rings (SSSR count). The molecule has 4 aromatic rings. The standard InChI is InChI=1S/C30H23ClN2O4/c1-18-6-5-7-20(14-18)17-37-27-13-11-21-8-3-4-9-23(21)24(27)16-25-28(34)32-30(36)33(29(25)35)22-12-10-19(2)26(31)15-22/h3-16H,17H2,1-2H3,(H,32,34,36)/b25-16+. The Kier molecular flexibility index (Phi) is 6.51. The number of rotatable bonds is 5. The highest BCUT2D eigenvalue weighted by molar-refractivity contribution is 6.40. The van der Waals surface area contributed by atoms with E-state index in [1.807, 2.05) is 74.5 Å². The number of anilines is 1. The molecule has 4 aromatic carbocycles. The van der Waals surface area contributed by atoms with E-state index in [4.69, 9.17) is 16.3 Å². The molecule has 0 atom stereocenters. The fourth-order valence-corrected chi connectivity index (χ4v) is 4.45. The molecule has 37 heavy (non-hydrogen) atoms. The Morgan fingerprint density at radius 3 is 2.51 bits per heavy atom. The fraction of sp³-hybridized carbons (Fsp3) is 0.100. The van der Waals surface area contributed by atoms with Crippen molar-refractivity contribution in [3.05, 3.63) is 112 Å². The van der Waals surface area contributed by atoms with Crippen LogP contribution in [0, 0.1) is 13.8 Å². The van der Waals surface area contributed by atoms with E-state index < -0.39 is 17.8 Å². The number of hydrogen-bond donors (Lipinski definition) is 1. The number of carbonyl (C=O) groups is 3. The Bertz CT molecular complexity index is 1610. The predicted octanol–water partition coefficient (Wildman–Crippen LogP) is 6.36. The van der Waals surface area contributed by atoms with Crippen LogP contribution in [0.15, 0.2) is 84.4 Å². The maximum Gasteiger partial charge on any atom is 0.335 e. The number of barbiturate groups is 1. The fourth-order valence-electron chi connectivity index (χ4n) is 4.27. The summed E-state index contributed by atoms with van der Waals surface area (Å²) in [5.74, 6) is -1.01. The summed E-state index contributed by atoms with van der Waals surface area (Å²) in [7, 11) is 0. The molecule has 0 bridgehead atoms. The first kappa shape index (κ1) is 24.3. The van der Waals surface area contributed by atoms with Crippen molar-refractivity contribution >= 4 is 52.0 Å². The second kappa shape index (κ2) is 9.91. The average molecular weight is 511 g/mol. The van der Waals surface area contributed by atoms with Gasteiger partial charge in [-0.3, -0.25) is 14.9 Å². The molecule has 1 aliphatic rings. The van der Waals surface area contributed by atoms with E-state index in [0.29, 0.717) is 22.9 Å². The van der Waals surface area contributed by atoms with Crippen molar-refractivity contribution in [2.45, 2.75) is 20.5 Å². The zero-order chi connectivity index (χ0) is 26.1. The molecule has 1 saturated heterocycles. The SMILES string of the molecule is Cc1cccc(COc2ccc3ccccc3c2/C=C2\C(=O)NC(=O)N(c3ccc(C)c(Cl)c3)C2=O)c1. The molecule has 0 unspecified atom stereocenters. The number of ether oxygens (including phenoxy) is 1. The summed E-state index contributed by atoms with van der Waals surface area (Å²) in [5, 5.41) is 4.39. The van der Waals surface area contributed by atoms with Gasteiger partial charge in [0.2, 0.25) is 0 Å². The summed E-state index contributed by atoms with van der Waals surface area (Å²) in [4.78, 5) is 39.9. The number of nitrogens with zero attached hydrogens (tertiary/aromatic N) is 1. The van der Waals surface area contributed by atoms with Crippen LogP contribution >= 0.6 is 11.6 Å². The topological polar surface area (TPSA) is 75.7 Å². The van der Waals surface area contributed by atoms with Crippen LogP contribution < -0.4 is 15.0 Å². The minimum atomic E-state index is -0.832. The van der Waals surface area contributed by atoms with Crippen LogP contribution in [0.1, 0.15) is 22.3 Å². The first-order chi connectivity index (χ1) is 17.8. The number of fused-ring (bicyclic) bond motifs is 1. The summed E-state index contributed by atoms with van der Waals surface area (Å²) in [6.45, 7) is 4.14. The molecule has 1 aliphatic heterocycles. The lowest BCUT2D eigenvalue weighted by atomic mass is 9.99. The van der Waals surface area contributed by atoms with Gasteiger partial charge in [0.05, 0.1) is 5.69 Å². The molecule has 0 radical (unpaired) electrons. The molecule has 1 fully saturated rings. The van der Waals surface area contributed by atoms with Gasteiger partial charge in [-0.2, -0.15) is 0 Å². The van der Waals surface area contributed by atoms with E-state index in [9.17, 15) is 14.4 Å². The molecule has 7 heteroatoms. The molecular formula is C30H23ClN2O4. The van der Waals surface area contributed by atoms with Gasteiger partial charge in [0.25, 0.3) is 11.8 Å². The summed E-state index contributed by atoms with van der Waals surface area (Å²) < 4.78 is 6.17. The van der Waals surface area contributed by atoms with Crippen molar-refractivity contribution in [1.82, 2.24) is 5.32 Å². The second-order valence-corrected chi connectivity index (χ2v) is 9.27. The first-order valence-electron chi connectivity index (χ1n) is 11.7. The van der Waals surface area contributed by atoms with E-state index in [2.05, 4.69) is 5.32 Å². The number of benzene rings is 4. The summed E-state index contributed by atoms with van der Waals surface area (Å²) in [6.07, 6.45) is 1.49. The summed E-state index contributed by atoms with van der Waals surface area (Å²) in [5.41, 5.74) is 3.56. The van der Waals surface area contributed by atoms with Crippen molar-refractivity contribution < 1.29 is 19.1 Å². The van der Waals surface area contributed by atoms with Crippen molar-refractivity contribution in [3.8, 4) is 5.75 Å². The molecule has 1 heterocycles. The normalized spacial score (nSPS) is 14.8. The number of imide groups is 2. The number of carbonyl (C=O) groups excluding carboxylic acids is 3. The van der Waals surface area contributed by atoms with Gasteiger partial charge in [-0.15, -0.1) is 0 Å². The monoisotopic (exact) mass is 510 g/mol. The van der Waals surface area contributed by atoms with Crippen molar-refractivity contribution in [1.29, 1.82) is 0 Å². The Hall–Kier alpha value is -4.42. The summed E-state index contributed by atoms with van der Waals surface area (Å²) in [6, 6.07) is 23.4. The van der Waals surface area contributed by atoms with Gasteiger partial charge >= 0.3 is 6.03 Å². The number of halogens is 1. The average Bonchev–Trinajstić information content (AvgIpc) is 2.87. The van der Waals surface area contributed by atoms with E-state index >= 15 is 0 Å². The predicted molar refractivity (Wildman–Crippen MR) is 145 cm³/mol. The Morgan fingerprint density at radius 1 is 0.919 bits per heavy atom. The maximum atomic E-state index is 13.5. The highest BCUT2D eigenvalue weighted by atomic mass is 35.5. The van der Waals surface area contributed by atoms with E-state index in [1.165, 1.54) is 12.1 Å². The van der Waals surface area contributed by atoms with Gasteiger partial charge in [0.15, 0.2) is 0 Å². The van der Waals surface area contributed by atoms with E-state index in [-0.39, 0.29) is 11.3 Å². The van der Waals surface area contributed by atoms with Crippen LogP contribution in [0.2, 0.25) is 5.02 Å². The highest BCUT2D eigenvalue weighted by Gasteiger charge is 2.37. The van der Waals surface area contributed by atoms with Crippen LogP contribution in [0.3, 0.4) is 0 Å². The highest BCUT2D eigenvalue weighted by Crippen LogP contribution is 2.33. The van der Waals surface area contributed by atoms with Crippen LogP contribution in [0.25, 0.3) is 16.8 Å². The third-order valence-electron chi connectivity index (χ3n) is 6.21. The van der Waals surface area contributed by atoms with Gasteiger partial charge in [0, 0.05) is 10.6 Å². The van der Waals surface area contributed by atoms with Crippen LogP contribution in [-0.4, -0.2) is 17.8 Å². The molecule has 1 N–H and O–H groups in total. The molecule has 184 valence electrons. The Balaban J connectivity index is 1.58. The van der Waals surface area contributed by atoms with E-state index in [0.717, 1.165) is 32.4 Å². The zero-order valence-electron chi connectivity index (χ0n) is 20.2. The molecule has 4 amide bonds. The largest absolute Gasteiger partial charge is 0.488 e. The van der Waals surface area contributed by atoms with Crippen LogP contribution in [0.5, 0.6) is 5.75 Å². The maximum absolute atomic E-state index is 13.5. The minimum absolute atomic E-state index is 0.187. The first-order valence-corrected chi connectivity index (χ1v) is 12.1. The molecule has 6 nitrogen and oxygen atoms in total. The van der Waals surface area contributed by atoms with Gasteiger partial charge in [-0.05, 0) is 60.0 Å². The minimum Gasteiger partial charge on any atom is -0.488 e. The lowest BCUT2D eigenvalue weighted by molar-refractivity contribution is -0.122. The number of nitrogens with one attached hydrogen (secondary N) is 1. The molecule has 0 aromatic heterocycles. The van der Waals surface area contributed by atoms with Crippen molar-refractivity contribution in [2.24, 2.45) is 0 Å². The van der Waals surface area contributed by atoms with Crippen LogP contribution in [0.4, 0.5) is 10.5 Å². The third-order valence-corrected chi connectivity index (χ3v) is 6.62. The lowest BCUT2D eigenvalue weighted by Crippen LogP contribution is -2.54. The second-order valence-electron chi connectivity index (χ2n) is 8.87.